The normalized spacial score (nSPS) is 11.1. The Morgan fingerprint density at radius 1 is 1.31 bits per heavy atom. The Morgan fingerprint density at radius 2 is 2.12 bits per heavy atom. The maximum absolute atomic E-state index is 5.53. The van der Waals surface area contributed by atoms with E-state index in [1.54, 1.807) is 6.07 Å². The van der Waals surface area contributed by atoms with Crippen LogP contribution in [0.4, 0.5) is 5.88 Å². The molecule has 0 aliphatic rings. The Hall–Kier alpha value is -2.23. The van der Waals surface area contributed by atoms with Gasteiger partial charge < -0.3 is 14.8 Å². The van der Waals surface area contributed by atoms with Crippen LogP contribution in [0.2, 0.25) is 0 Å². The summed E-state index contributed by atoms with van der Waals surface area (Å²) < 4.78 is 6.96. The van der Waals surface area contributed by atoms with Crippen LogP contribution in [0, 0.1) is 0 Å². The lowest BCUT2D eigenvalue weighted by molar-refractivity contribution is 0.439. The molecule has 1 aromatic carbocycles. The van der Waals surface area contributed by atoms with E-state index in [1.165, 1.54) is 5.52 Å². The summed E-state index contributed by atoms with van der Waals surface area (Å²) in [6.45, 7) is 0. The molecule has 0 atom stereocenters. The molecule has 0 aliphatic carbocycles. The monoisotopic (exact) mass is 213 g/mol. The summed E-state index contributed by atoms with van der Waals surface area (Å²) in [7, 11) is 2.01. The van der Waals surface area contributed by atoms with Crippen LogP contribution in [0.3, 0.4) is 0 Å². The number of nitrogens with two attached hydrogens (primary N) is 1. The SMILES string of the molecule is Cn1cc(-c2cc(N)on2)c2ccccc21. The fourth-order valence-electron chi connectivity index (χ4n) is 1.96. The van der Waals surface area contributed by atoms with E-state index < -0.39 is 0 Å². The van der Waals surface area contributed by atoms with Crippen molar-refractivity contribution in [2.75, 3.05) is 5.73 Å². The Kier molecular flexibility index (Phi) is 1.77. The van der Waals surface area contributed by atoms with Crippen LogP contribution < -0.4 is 5.73 Å². The maximum atomic E-state index is 5.53. The quantitative estimate of drug-likeness (QED) is 0.675. The van der Waals surface area contributed by atoms with Crippen molar-refractivity contribution in [3.8, 4) is 11.3 Å². The molecule has 2 aromatic heterocycles. The Morgan fingerprint density at radius 3 is 2.88 bits per heavy atom. The van der Waals surface area contributed by atoms with Crippen LogP contribution in [0.1, 0.15) is 0 Å². The largest absolute Gasteiger partial charge is 0.368 e. The Labute approximate surface area is 92.3 Å². The van der Waals surface area contributed by atoms with E-state index in [0.717, 1.165) is 16.6 Å². The summed E-state index contributed by atoms with van der Waals surface area (Å²) in [4.78, 5) is 0. The molecule has 3 rings (SSSR count). The van der Waals surface area contributed by atoms with Gasteiger partial charge >= 0.3 is 0 Å². The number of nitrogen functional groups attached to an aromatic ring is 1. The molecule has 3 aromatic rings. The van der Waals surface area contributed by atoms with Crippen molar-refractivity contribution >= 4 is 16.8 Å². The molecule has 0 saturated heterocycles. The predicted molar refractivity (Wildman–Crippen MR) is 62.8 cm³/mol. The topological polar surface area (TPSA) is 57.0 Å². The third-order valence-corrected chi connectivity index (χ3v) is 2.70. The molecule has 0 spiro atoms. The number of hydrogen-bond acceptors (Lipinski definition) is 3. The lowest BCUT2D eigenvalue weighted by Gasteiger charge is -1.93. The standard InChI is InChI=1S/C12H11N3O/c1-15-7-9(10-6-12(13)16-14-10)8-4-2-3-5-11(8)15/h2-7H,13H2,1H3. The van der Waals surface area contributed by atoms with Gasteiger partial charge in [-0.25, -0.2) is 0 Å². The van der Waals surface area contributed by atoms with Crippen LogP contribution in [-0.4, -0.2) is 9.72 Å². The van der Waals surface area contributed by atoms with Gasteiger partial charge in [0.1, 0.15) is 5.69 Å². The first-order chi connectivity index (χ1) is 7.75. The van der Waals surface area contributed by atoms with E-state index in [0.29, 0.717) is 5.88 Å². The number of fused-ring (bicyclic) bond motifs is 1. The van der Waals surface area contributed by atoms with Gasteiger partial charge in [-0.2, -0.15) is 0 Å². The van der Waals surface area contributed by atoms with Crippen molar-refractivity contribution in [1.82, 2.24) is 9.72 Å². The number of aromatic nitrogens is 2. The lowest BCUT2D eigenvalue weighted by atomic mass is 10.1. The molecule has 0 fully saturated rings. The third kappa shape index (κ3) is 1.20. The van der Waals surface area contributed by atoms with Gasteiger partial charge in [-0.3, -0.25) is 0 Å². The van der Waals surface area contributed by atoms with Gasteiger partial charge in [0.15, 0.2) is 0 Å². The summed E-state index contributed by atoms with van der Waals surface area (Å²) in [6, 6.07) is 9.90. The fourth-order valence-corrected chi connectivity index (χ4v) is 1.96. The number of benzene rings is 1. The highest BCUT2D eigenvalue weighted by Crippen LogP contribution is 2.29. The molecule has 2 N–H and O–H groups in total. The Bertz CT molecular complexity index is 651. The summed E-state index contributed by atoms with van der Waals surface area (Å²) >= 11 is 0. The first-order valence-electron chi connectivity index (χ1n) is 5.02. The number of anilines is 1. The summed E-state index contributed by atoms with van der Waals surface area (Å²) in [5.74, 6) is 0.336. The number of para-hydroxylation sites is 1. The van der Waals surface area contributed by atoms with E-state index in [9.17, 15) is 0 Å². The van der Waals surface area contributed by atoms with E-state index >= 15 is 0 Å². The van der Waals surface area contributed by atoms with Gasteiger partial charge in [0.2, 0.25) is 5.88 Å². The Balaban J connectivity index is 2.32. The first-order valence-corrected chi connectivity index (χ1v) is 5.02. The molecule has 4 heteroatoms. The highest BCUT2D eigenvalue weighted by Gasteiger charge is 2.11. The number of nitrogens with zero attached hydrogens (tertiary/aromatic N) is 2. The zero-order valence-electron chi connectivity index (χ0n) is 8.84. The molecule has 0 aliphatic heterocycles. The maximum Gasteiger partial charge on any atom is 0.222 e. The summed E-state index contributed by atoms with van der Waals surface area (Å²) in [5, 5.41) is 5.09. The molecule has 0 saturated carbocycles. The van der Waals surface area contributed by atoms with Crippen molar-refractivity contribution in [2.24, 2.45) is 7.05 Å². The van der Waals surface area contributed by atoms with Crippen LogP contribution >= 0.6 is 0 Å². The second kappa shape index (κ2) is 3.13. The second-order valence-corrected chi connectivity index (χ2v) is 3.79. The predicted octanol–water partition coefficient (Wildman–Crippen LogP) is 2.42. The van der Waals surface area contributed by atoms with Crippen LogP contribution in [0.5, 0.6) is 0 Å². The molecule has 0 unspecified atom stereocenters. The van der Waals surface area contributed by atoms with Crippen LogP contribution in [0.25, 0.3) is 22.2 Å². The average Bonchev–Trinajstić information content (AvgIpc) is 2.84. The number of aryl methyl sites for hydroxylation is 1. The van der Waals surface area contributed by atoms with Gasteiger partial charge in [0, 0.05) is 35.8 Å². The fraction of sp³-hybridized carbons (Fsp3) is 0.0833. The van der Waals surface area contributed by atoms with E-state index in [2.05, 4.69) is 21.9 Å². The molecule has 0 bridgehead atoms. The van der Waals surface area contributed by atoms with Crippen LogP contribution in [0.15, 0.2) is 41.1 Å². The van der Waals surface area contributed by atoms with Gasteiger partial charge in [0.25, 0.3) is 0 Å². The average molecular weight is 213 g/mol. The van der Waals surface area contributed by atoms with Crippen LogP contribution in [-0.2, 0) is 7.05 Å². The third-order valence-electron chi connectivity index (χ3n) is 2.70. The minimum absolute atomic E-state index is 0.336. The van der Waals surface area contributed by atoms with Crippen molar-refractivity contribution in [2.45, 2.75) is 0 Å². The van der Waals surface area contributed by atoms with Gasteiger partial charge in [0.05, 0.1) is 0 Å². The zero-order chi connectivity index (χ0) is 11.1. The van der Waals surface area contributed by atoms with Gasteiger partial charge in [-0.05, 0) is 6.07 Å². The second-order valence-electron chi connectivity index (χ2n) is 3.79. The van der Waals surface area contributed by atoms with Crippen molar-refractivity contribution in [3.05, 3.63) is 36.5 Å². The minimum Gasteiger partial charge on any atom is -0.368 e. The highest BCUT2D eigenvalue weighted by molar-refractivity contribution is 5.95. The first kappa shape index (κ1) is 9.03. The van der Waals surface area contributed by atoms with E-state index in [-0.39, 0.29) is 0 Å². The molecule has 16 heavy (non-hydrogen) atoms. The van der Waals surface area contributed by atoms with Gasteiger partial charge in [-0.1, -0.05) is 23.4 Å². The highest BCUT2D eigenvalue weighted by atomic mass is 16.5. The van der Waals surface area contributed by atoms with Crippen molar-refractivity contribution in [1.29, 1.82) is 0 Å². The molecule has 80 valence electrons. The lowest BCUT2D eigenvalue weighted by Crippen LogP contribution is -1.81. The van der Waals surface area contributed by atoms with E-state index in [4.69, 9.17) is 10.3 Å². The number of rotatable bonds is 1. The summed E-state index contributed by atoms with van der Waals surface area (Å²) in [6.07, 6.45) is 2.03. The van der Waals surface area contributed by atoms with Crippen molar-refractivity contribution in [3.63, 3.8) is 0 Å². The molecular formula is C12H11N3O. The molecule has 0 amide bonds. The molecule has 2 heterocycles. The number of hydrogen-bond donors (Lipinski definition) is 1. The molecule has 4 nitrogen and oxygen atoms in total. The summed E-state index contributed by atoms with van der Waals surface area (Å²) in [5.41, 5.74) is 8.51. The van der Waals surface area contributed by atoms with Gasteiger partial charge in [-0.15, -0.1) is 0 Å². The minimum atomic E-state index is 0.336. The smallest absolute Gasteiger partial charge is 0.222 e. The molecule has 0 radical (unpaired) electrons. The van der Waals surface area contributed by atoms with E-state index in [1.807, 2.05) is 25.4 Å². The van der Waals surface area contributed by atoms with Crippen molar-refractivity contribution < 1.29 is 4.52 Å². The zero-order valence-corrected chi connectivity index (χ0v) is 8.84. The molecular weight excluding hydrogens is 202 g/mol.